The number of hydrogen-bond acceptors (Lipinski definition) is 3. The molecule has 4 rings (SSSR count). The predicted octanol–water partition coefficient (Wildman–Crippen LogP) is 4.33. The van der Waals surface area contributed by atoms with Crippen LogP contribution in [-0.4, -0.2) is 47.3 Å². The van der Waals surface area contributed by atoms with Crippen LogP contribution in [0, 0.1) is 0 Å². The van der Waals surface area contributed by atoms with Gasteiger partial charge in [0, 0.05) is 31.7 Å². The Morgan fingerprint density at radius 1 is 0.926 bits per heavy atom. The summed E-state index contributed by atoms with van der Waals surface area (Å²) in [6.07, 6.45) is 0. The number of aromatic nitrogens is 2. The summed E-state index contributed by atoms with van der Waals surface area (Å²) in [5.41, 5.74) is 4.97. The maximum atomic E-state index is 5.48. The van der Waals surface area contributed by atoms with E-state index in [9.17, 15) is 0 Å². The molecule has 1 saturated heterocycles. The number of ether oxygens (including phenoxy) is 1. The van der Waals surface area contributed by atoms with Crippen LogP contribution in [0.25, 0.3) is 22.4 Å². The van der Waals surface area contributed by atoms with Gasteiger partial charge in [-0.05, 0) is 23.1 Å². The number of para-hydroxylation sites is 2. The lowest BCUT2D eigenvalue weighted by Gasteiger charge is -2.27. The molecule has 0 spiro atoms. The van der Waals surface area contributed by atoms with E-state index in [4.69, 9.17) is 9.72 Å². The van der Waals surface area contributed by atoms with Gasteiger partial charge in [0.1, 0.15) is 5.82 Å². The van der Waals surface area contributed by atoms with Crippen molar-refractivity contribution in [1.82, 2.24) is 14.5 Å². The summed E-state index contributed by atoms with van der Waals surface area (Å²) >= 11 is 0. The number of hydrogen-bond donors (Lipinski definition) is 0. The van der Waals surface area contributed by atoms with E-state index in [1.54, 1.807) is 0 Å². The number of benzene rings is 2. The summed E-state index contributed by atoms with van der Waals surface area (Å²) in [5, 5.41) is 0. The Hall–Kier alpha value is -2.17. The molecule has 27 heavy (non-hydrogen) atoms. The van der Waals surface area contributed by atoms with E-state index in [-0.39, 0.29) is 5.41 Å². The number of morpholine rings is 1. The topological polar surface area (TPSA) is 30.3 Å². The zero-order valence-electron chi connectivity index (χ0n) is 16.6. The van der Waals surface area contributed by atoms with E-state index in [1.165, 1.54) is 16.6 Å². The predicted molar refractivity (Wildman–Crippen MR) is 111 cm³/mol. The van der Waals surface area contributed by atoms with Crippen LogP contribution in [0.4, 0.5) is 0 Å². The van der Waals surface area contributed by atoms with Gasteiger partial charge in [0.25, 0.3) is 0 Å². The summed E-state index contributed by atoms with van der Waals surface area (Å²) in [7, 11) is 0. The van der Waals surface area contributed by atoms with Gasteiger partial charge in [0.15, 0.2) is 0 Å². The highest BCUT2D eigenvalue weighted by atomic mass is 16.5. The molecule has 2 aromatic carbocycles. The highest BCUT2D eigenvalue weighted by Crippen LogP contribution is 2.28. The highest BCUT2D eigenvalue weighted by molar-refractivity contribution is 5.80. The van der Waals surface area contributed by atoms with E-state index in [0.29, 0.717) is 0 Å². The minimum atomic E-state index is 0.162. The number of nitrogens with zero attached hydrogens (tertiary/aromatic N) is 3. The molecule has 0 aliphatic carbocycles. The Bertz CT molecular complexity index is 900. The standard InChI is InChI=1S/C23H29N3O/c1-23(2,3)19-10-8-18(9-11-19)22-24-20-6-4-5-7-21(20)26(22)13-12-25-14-16-27-17-15-25/h4-11H,12-17H2,1-3H3. The van der Waals surface area contributed by atoms with Gasteiger partial charge in [0.2, 0.25) is 0 Å². The zero-order chi connectivity index (χ0) is 18.9. The Morgan fingerprint density at radius 2 is 1.63 bits per heavy atom. The molecule has 0 radical (unpaired) electrons. The fraction of sp³-hybridized carbons (Fsp3) is 0.435. The first-order chi connectivity index (χ1) is 13.0. The number of imidazole rings is 1. The molecule has 1 aromatic heterocycles. The summed E-state index contributed by atoms with van der Waals surface area (Å²) in [4.78, 5) is 7.44. The van der Waals surface area contributed by atoms with Gasteiger partial charge in [-0.3, -0.25) is 4.90 Å². The molecule has 1 fully saturated rings. The maximum Gasteiger partial charge on any atom is 0.141 e. The van der Waals surface area contributed by atoms with Gasteiger partial charge >= 0.3 is 0 Å². The maximum absolute atomic E-state index is 5.48. The normalized spacial score (nSPS) is 16.1. The van der Waals surface area contributed by atoms with Crippen LogP contribution in [0.3, 0.4) is 0 Å². The average Bonchev–Trinajstić information content (AvgIpc) is 3.05. The van der Waals surface area contributed by atoms with Crippen molar-refractivity contribution in [3.8, 4) is 11.4 Å². The van der Waals surface area contributed by atoms with Gasteiger partial charge < -0.3 is 9.30 Å². The number of fused-ring (bicyclic) bond motifs is 1. The van der Waals surface area contributed by atoms with Gasteiger partial charge in [-0.1, -0.05) is 57.2 Å². The molecule has 0 saturated carbocycles. The van der Waals surface area contributed by atoms with Gasteiger partial charge in [-0.15, -0.1) is 0 Å². The minimum Gasteiger partial charge on any atom is -0.379 e. The van der Waals surface area contributed by atoms with Crippen molar-refractivity contribution in [3.05, 3.63) is 54.1 Å². The highest BCUT2D eigenvalue weighted by Gasteiger charge is 2.17. The first-order valence-electron chi connectivity index (χ1n) is 9.89. The summed E-state index contributed by atoms with van der Waals surface area (Å²) in [6.45, 7) is 12.4. The average molecular weight is 364 g/mol. The third kappa shape index (κ3) is 3.92. The molecule has 0 atom stereocenters. The lowest BCUT2D eigenvalue weighted by Crippen LogP contribution is -2.38. The van der Waals surface area contributed by atoms with E-state index >= 15 is 0 Å². The van der Waals surface area contributed by atoms with Crippen LogP contribution in [0.5, 0.6) is 0 Å². The minimum absolute atomic E-state index is 0.162. The smallest absolute Gasteiger partial charge is 0.141 e. The van der Waals surface area contributed by atoms with Crippen LogP contribution < -0.4 is 0 Å². The van der Waals surface area contributed by atoms with Gasteiger partial charge in [-0.2, -0.15) is 0 Å². The van der Waals surface area contributed by atoms with Crippen molar-refractivity contribution < 1.29 is 4.74 Å². The lowest BCUT2D eigenvalue weighted by atomic mass is 9.87. The van der Waals surface area contributed by atoms with Crippen LogP contribution in [-0.2, 0) is 16.7 Å². The van der Waals surface area contributed by atoms with Crippen LogP contribution in [0.2, 0.25) is 0 Å². The molecule has 0 amide bonds. The first-order valence-corrected chi connectivity index (χ1v) is 9.89. The molecule has 4 heteroatoms. The molecule has 0 N–H and O–H groups in total. The molecule has 1 aliphatic heterocycles. The SMILES string of the molecule is CC(C)(C)c1ccc(-c2nc3ccccc3n2CCN2CCOCC2)cc1. The Kier molecular flexibility index (Phi) is 5.02. The van der Waals surface area contributed by atoms with Crippen LogP contribution in [0.1, 0.15) is 26.3 Å². The summed E-state index contributed by atoms with van der Waals surface area (Å²) in [6, 6.07) is 17.3. The summed E-state index contributed by atoms with van der Waals surface area (Å²) < 4.78 is 7.85. The quantitative estimate of drug-likeness (QED) is 0.691. The first kappa shape index (κ1) is 18.2. The van der Waals surface area contributed by atoms with E-state index in [0.717, 1.165) is 50.7 Å². The molecule has 2 heterocycles. The van der Waals surface area contributed by atoms with Crippen molar-refractivity contribution in [3.63, 3.8) is 0 Å². The zero-order valence-corrected chi connectivity index (χ0v) is 16.6. The Morgan fingerprint density at radius 3 is 2.33 bits per heavy atom. The van der Waals surface area contributed by atoms with Crippen molar-refractivity contribution in [2.75, 3.05) is 32.8 Å². The summed E-state index contributed by atoms with van der Waals surface area (Å²) in [5.74, 6) is 1.06. The molecule has 3 aromatic rings. The second-order valence-corrected chi connectivity index (χ2v) is 8.36. The third-order valence-electron chi connectivity index (χ3n) is 5.41. The molecular formula is C23H29N3O. The number of rotatable bonds is 4. The second-order valence-electron chi connectivity index (χ2n) is 8.36. The Labute approximate surface area is 161 Å². The fourth-order valence-electron chi connectivity index (χ4n) is 3.71. The molecule has 4 nitrogen and oxygen atoms in total. The van der Waals surface area contributed by atoms with Crippen molar-refractivity contribution >= 4 is 11.0 Å². The van der Waals surface area contributed by atoms with Crippen molar-refractivity contribution in [2.45, 2.75) is 32.7 Å². The largest absolute Gasteiger partial charge is 0.379 e. The van der Waals surface area contributed by atoms with E-state index < -0.39 is 0 Å². The van der Waals surface area contributed by atoms with Gasteiger partial charge in [-0.25, -0.2) is 4.98 Å². The molecule has 142 valence electrons. The molecule has 0 bridgehead atoms. The second kappa shape index (κ2) is 7.45. The lowest BCUT2D eigenvalue weighted by molar-refractivity contribution is 0.0366. The van der Waals surface area contributed by atoms with Crippen LogP contribution in [0.15, 0.2) is 48.5 Å². The molecule has 1 aliphatic rings. The molecule has 0 unspecified atom stereocenters. The van der Waals surface area contributed by atoms with Gasteiger partial charge in [0.05, 0.1) is 24.2 Å². The third-order valence-corrected chi connectivity index (χ3v) is 5.41. The van der Waals surface area contributed by atoms with E-state index in [1.807, 2.05) is 0 Å². The monoisotopic (exact) mass is 363 g/mol. The van der Waals surface area contributed by atoms with Crippen LogP contribution >= 0.6 is 0 Å². The van der Waals surface area contributed by atoms with E-state index in [2.05, 4.69) is 78.8 Å². The fourth-order valence-corrected chi connectivity index (χ4v) is 3.71. The molecular weight excluding hydrogens is 334 g/mol. The van der Waals surface area contributed by atoms with Crippen molar-refractivity contribution in [2.24, 2.45) is 0 Å². The van der Waals surface area contributed by atoms with Crippen molar-refractivity contribution in [1.29, 1.82) is 0 Å². The Balaban J connectivity index is 1.67.